The van der Waals surface area contributed by atoms with Gasteiger partial charge in [-0.15, -0.1) is 0 Å². The van der Waals surface area contributed by atoms with Gasteiger partial charge in [0.15, 0.2) is 6.10 Å². The van der Waals surface area contributed by atoms with E-state index in [9.17, 15) is 18.8 Å². The van der Waals surface area contributed by atoms with Crippen LogP contribution in [0.15, 0.2) is 48.5 Å². The molecule has 0 aromatic heterocycles. The highest BCUT2D eigenvalue weighted by Gasteiger charge is 2.19. The summed E-state index contributed by atoms with van der Waals surface area (Å²) in [7, 11) is 0. The Morgan fingerprint density at radius 3 is 2.33 bits per heavy atom. The lowest BCUT2D eigenvalue weighted by molar-refractivity contribution is -0.123. The number of esters is 1. The molecule has 3 N–H and O–H groups in total. The average molecular weight is 330 g/mol. The Balaban J connectivity index is 1.96. The first-order valence-electron chi connectivity index (χ1n) is 7.04. The Morgan fingerprint density at radius 2 is 1.75 bits per heavy atom. The number of halogens is 1. The monoisotopic (exact) mass is 330 g/mol. The fourth-order valence-electron chi connectivity index (χ4n) is 1.86. The number of hydrogen-bond donors (Lipinski definition) is 2. The van der Waals surface area contributed by atoms with Crippen LogP contribution in [0.1, 0.15) is 27.6 Å². The molecular weight excluding hydrogens is 315 g/mol. The lowest BCUT2D eigenvalue weighted by Gasteiger charge is -2.13. The Kier molecular flexibility index (Phi) is 5.26. The maximum Gasteiger partial charge on any atom is 0.339 e. The van der Waals surface area contributed by atoms with Gasteiger partial charge in [-0.05, 0) is 49.4 Å². The summed E-state index contributed by atoms with van der Waals surface area (Å²) < 4.78 is 18.1. The fourth-order valence-corrected chi connectivity index (χ4v) is 1.86. The largest absolute Gasteiger partial charge is 0.449 e. The van der Waals surface area contributed by atoms with Crippen molar-refractivity contribution in [2.45, 2.75) is 13.0 Å². The van der Waals surface area contributed by atoms with Crippen LogP contribution in [0, 0.1) is 5.82 Å². The summed E-state index contributed by atoms with van der Waals surface area (Å²) in [6.45, 7) is 1.39. The van der Waals surface area contributed by atoms with E-state index in [1.165, 1.54) is 49.4 Å². The van der Waals surface area contributed by atoms with Crippen molar-refractivity contribution in [3.63, 3.8) is 0 Å². The molecule has 0 heterocycles. The number of benzene rings is 2. The maximum atomic E-state index is 13.1. The summed E-state index contributed by atoms with van der Waals surface area (Å²) >= 11 is 0. The zero-order chi connectivity index (χ0) is 17.7. The Hall–Kier alpha value is -3.22. The lowest BCUT2D eigenvalue weighted by atomic mass is 10.2. The van der Waals surface area contributed by atoms with Gasteiger partial charge in [0.2, 0.25) is 5.91 Å². The SMILES string of the molecule is C[C@H](OC(=O)c1cccc(F)c1)C(=O)Nc1ccc(C(N)=O)cc1. The Morgan fingerprint density at radius 1 is 1.08 bits per heavy atom. The summed E-state index contributed by atoms with van der Waals surface area (Å²) in [5.74, 6) is -2.52. The zero-order valence-electron chi connectivity index (χ0n) is 12.8. The molecule has 7 heteroatoms. The number of carbonyl (C=O) groups excluding carboxylic acids is 3. The van der Waals surface area contributed by atoms with Crippen LogP contribution in [0.25, 0.3) is 0 Å². The van der Waals surface area contributed by atoms with Crippen molar-refractivity contribution in [2.75, 3.05) is 5.32 Å². The molecule has 0 spiro atoms. The van der Waals surface area contributed by atoms with E-state index >= 15 is 0 Å². The molecule has 2 aromatic rings. The molecule has 0 aliphatic rings. The molecule has 2 aromatic carbocycles. The van der Waals surface area contributed by atoms with Crippen molar-refractivity contribution in [2.24, 2.45) is 5.73 Å². The van der Waals surface area contributed by atoms with Crippen LogP contribution < -0.4 is 11.1 Å². The number of carbonyl (C=O) groups is 3. The van der Waals surface area contributed by atoms with Crippen molar-refractivity contribution >= 4 is 23.5 Å². The van der Waals surface area contributed by atoms with Crippen LogP contribution in [-0.2, 0) is 9.53 Å². The van der Waals surface area contributed by atoms with E-state index in [0.29, 0.717) is 11.3 Å². The molecule has 0 radical (unpaired) electrons. The number of nitrogens with two attached hydrogens (primary N) is 1. The van der Waals surface area contributed by atoms with Crippen molar-refractivity contribution in [1.82, 2.24) is 0 Å². The molecule has 0 aliphatic heterocycles. The Labute approximate surface area is 137 Å². The summed E-state index contributed by atoms with van der Waals surface area (Å²) in [6.07, 6.45) is -1.09. The number of hydrogen-bond acceptors (Lipinski definition) is 4. The topological polar surface area (TPSA) is 98.5 Å². The minimum absolute atomic E-state index is 0.0143. The molecule has 0 bridgehead atoms. The first-order chi connectivity index (χ1) is 11.4. The van der Waals surface area contributed by atoms with E-state index in [2.05, 4.69) is 5.32 Å². The molecule has 0 unspecified atom stereocenters. The quantitative estimate of drug-likeness (QED) is 0.820. The highest BCUT2D eigenvalue weighted by molar-refractivity contribution is 5.98. The standard InChI is InChI=1S/C17H15FN2O4/c1-10(24-17(23)12-3-2-4-13(18)9-12)16(22)20-14-7-5-11(6-8-14)15(19)21/h2-10H,1H3,(H2,19,21)(H,20,22)/t10-/m0/s1. The third-order valence-electron chi connectivity index (χ3n) is 3.15. The molecule has 2 rings (SSSR count). The molecule has 124 valence electrons. The predicted octanol–water partition coefficient (Wildman–Crippen LogP) is 2.11. The van der Waals surface area contributed by atoms with E-state index in [1.54, 1.807) is 0 Å². The van der Waals surface area contributed by atoms with Gasteiger partial charge in [0.25, 0.3) is 5.91 Å². The van der Waals surface area contributed by atoms with Gasteiger partial charge in [0.1, 0.15) is 5.82 Å². The number of anilines is 1. The van der Waals surface area contributed by atoms with Crippen molar-refractivity contribution in [1.29, 1.82) is 0 Å². The summed E-state index contributed by atoms with van der Waals surface area (Å²) in [5, 5.41) is 2.53. The molecule has 0 aliphatic carbocycles. The number of ether oxygens (including phenoxy) is 1. The number of rotatable bonds is 5. The highest BCUT2D eigenvalue weighted by Crippen LogP contribution is 2.11. The summed E-state index contributed by atoms with van der Waals surface area (Å²) in [6, 6.07) is 10.9. The Bertz CT molecular complexity index is 774. The van der Waals surface area contributed by atoms with Crippen LogP contribution in [0.4, 0.5) is 10.1 Å². The van der Waals surface area contributed by atoms with Gasteiger partial charge in [0.05, 0.1) is 5.56 Å². The van der Waals surface area contributed by atoms with Crippen LogP contribution in [0.5, 0.6) is 0 Å². The number of primary amides is 1. The van der Waals surface area contributed by atoms with Crippen LogP contribution >= 0.6 is 0 Å². The van der Waals surface area contributed by atoms with Gasteiger partial charge in [-0.3, -0.25) is 9.59 Å². The third-order valence-corrected chi connectivity index (χ3v) is 3.15. The van der Waals surface area contributed by atoms with Crippen molar-refractivity contribution < 1.29 is 23.5 Å². The van der Waals surface area contributed by atoms with E-state index < -0.39 is 29.7 Å². The van der Waals surface area contributed by atoms with Crippen molar-refractivity contribution in [3.05, 3.63) is 65.5 Å². The fraction of sp³-hybridized carbons (Fsp3) is 0.118. The van der Waals surface area contributed by atoms with Crippen LogP contribution in [0.3, 0.4) is 0 Å². The first kappa shape index (κ1) is 17.1. The van der Waals surface area contributed by atoms with Crippen LogP contribution in [0.2, 0.25) is 0 Å². The molecule has 0 saturated carbocycles. The lowest BCUT2D eigenvalue weighted by Crippen LogP contribution is -2.30. The molecule has 6 nitrogen and oxygen atoms in total. The first-order valence-corrected chi connectivity index (χ1v) is 7.04. The predicted molar refractivity (Wildman–Crippen MR) is 84.9 cm³/mol. The molecule has 1 atom stereocenters. The summed E-state index contributed by atoms with van der Waals surface area (Å²) in [5.41, 5.74) is 5.86. The molecule has 2 amide bonds. The normalized spacial score (nSPS) is 11.4. The molecule has 24 heavy (non-hydrogen) atoms. The van der Waals surface area contributed by atoms with Gasteiger partial charge in [0, 0.05) is 11.3 Å². The van der Waals surface area contributed by atoms with Crippen LogP contribution in [-0.4, -0.2) is 23.9 Å². The second-order valence-electron chi connectivity index (χ2n) is 4.99. The highest BCUT2D eigenvalue weighted by atomic mass is 19.1. The number of nitrogens with one attached hydrogen (secondary N) is 1. The smallest absolute Gasteiger partial charge is 0.339 e. The van der Waals surface area contributed by atoms with Gasteiger partial charge in [-0.1, -0.05) is 6.07 Å². The van der Waals surface area contributed by atoms with Gasteiger partial charge >= 0.3 is 5.97 Å². The van der Waals surface area contributed by atoms with Gasteiger partial charge < -0.3 is 15.8 Å². The van der Waals surface area contributed by atoms with Gasteiger partial charge in [-0.25, -0.2) is 9.18 Å². The number of amides is 2. The maximum absolute atomic E-state index is 13.1. The molecular formula is C17H15FN2O4. The minimum Gasteiger partial charge on any atom is -0.449 e. The van der Waals surface area contributed by atoms with Crippen molar-refractivity contribution in [3.8, 4) is 0 Å². The second-order valence-corrected chi connectivity index (χ2v) is 4.99. The third kappa shape index (κ3) is 4.39. The molecule has 0 saturated heterocycles. The zero-order valence-corrected chi connectivity index (χ0v) is 12.8. The average Bonchev–Trinajstić information content (AvgIpc) is 2.55. The van der Waals surface area contributed by atoms with E-state index in [-0.39, 0.29) is 5.56 Å². The second kappa shape index (κ2) is 7.36. The molecule has 0 fully saturated rings. The van der Waals surface area contributed by atoms with Gasteiger partial charge in [-0.2, -0.15) is 0 Å². The van der Waals surface area contributed by atoms with E-state index in [4.69, 9.17) is 10.5 Å². The van der Waals surface area contributed by atoms with E-state index in [0.717, 1.165) is 6.07 Å². The van der Waals surface area contributed by atoms with E-state index in [1.807, 2.05) is 0 Å². The summed E-state index contributed by atoms with van der Waals surface area (Å²) in [4.78, 5) is 34.8. The minimum atomic E-state index is -1.09.